The Morgan fingerprint density at radius 3 is 2.39 bits per heavy atom. The van der Waals surface area contributed by atoms with Crippen LogP contribution in [0.4, 0.5) is 0 Å². The molecule has 1 aliphatic rings. The van der Waals surface area contributed by atoms with Crippen LogP contribution in [-0.2, 0) is 14.9 Å². The summed E-state index contributed by atoms with van der Waals surface area (Å²) in [5.74, 6) is -0.425. The molecule has 2 aromatic carbocycles. The molecule has 0 unspecified atom stereocenters. The van der Waals surface area contributed by atoms with Gasteiger partial charge in [-0.1, -0.05) is 64.9 Å². The van der Waals surface area contributed by atoms with Crippen LogP contribution in [0.5, 0.6) is 5.75 Å². The third kappa shape index (κ3) is 4.36. The van der Waals surface area contributed by atoms with Crippen molar-refractivity contribution < 1.29 is 17.4 Å². The number of aryl methyl sites for hydroxylation is 1. The zero-order valence-corrected chi connectivity index (χ0v) is 18.6. The van der Waals surface area contributed by atoms with Gasteiger partial charge < -0.3 is 4.18 Å². The molecule has 5 nitrogen and oxygen atoms in total. The largest absolute Gasteiger partial charge is 0.377 e. The van der Waals surface area contributed by atoms with Crippen molar-refractivity contribution in [1.29, 1.82) is 0 Å². The Morgan fingerprint density at radius 2 is 1.82 bits per heavy atom. The first-order valence-electron chi connectivity index (χ1n) is 7.80. The number of carbonyl (C=O) groups excluding carboxylic acids is 1. The number of amides is 1. The smallest absolute Gasteiger partial charge is 0.339 e. The molecular weight excluding hydrogens is 461 g/mol. The van der Waals surface area contributed by atoms with Crippen molar-refractivity contribution in [2.45, 2.75) is 11.8 Å². The van der Waals surface area contributed by atoms with Crippen LogP contribution >= 0.6 is 47.2 Å². The average molecular weight is 474 g/mol. The summed E-state index contributed by atoms with van der Waals surface area (Å²) < 4.78 is 31.0. The number of thioether (sulfide) groups is 1. The van der Waals surface area contributed by atoms with Crippen LogP contribution in [-0.4, -0.2) is 30.6 Å². The molecule has 0 bridgehead atoms. The van der Waals surface area contributed by atoms with Crippen LogP contribution < -0.4 is 4.18 Å². The Hall–Kier alpha value is -1.58. The molecule has 3 rings (SSSR count). The van der Waals surface area contributed by atoms with E-state index in [9.17, 15) is 13.2 Å². The number of thiocarbonyl (C=S) groups is 1. The fourth-order valence-electron chi connectivity index (χ4n) is 2.32. The van der Waals surface area contributed by atoms with E-state index in [-0.39, 0.29) is 32.2 Å². The van der Waals surface area contributed by atoms with Gasteiger partial charge >= 0.3 is 10.1 Å². The lowest BCUT2D eigenvalue weighted by Gasteiger charge is -2.12. The lowest BCUT2D eigenvalue weighted by molar-refractivity contribution is -0.121. The number of nitrogens with zero attached hydrogens (tertiary/aromatic N) is 1. The zero-order valence-electron chi connectivity index (χ0n) is 14.6. The molecule has 1 aliphatic heterocycles. The molecule has 146 valence electrons. The second kappa shape index (κ2) is 8.04. The maximum atomic E-state index is 12.7. The molecule has 1 fully saturated rings. The van der Waals surface area contributed by atoms with E-state index in [2.05, 4.69) is 0 Å². The second-order valence-corrected chi connectivity index (χ2v) is 9.96. The first-order chi connectivity index (χ1) is 13.1. The van der Waals surface area contributed by atoms with Gasteiger partial charge in [0.15, 0.2) is 5.75 Å². The molecule has 1 amide bonds. The molecule has 28 heavy (non-hydrogen) atoms. The van der Waals surface area contributed by atoms with Gasteiger partial charge in [0.05, 0.1) is 9.93 Å². The van der Waals surface area contributed by atoms with Gasteiger partial charge in [0, 0.05) is 17.6 Å². The van der Waals surface area contributed by atoms with E-state index >= 15 is 0 Å². The Labute approximate surface area is 182 Å². The molecule has 0 radical (unpaired) electrons. The Kier molecular flexibility index (Phi) is 6.07. The third-order valence-corrected chi connectivity index (χ3v) is 7.03. The predicted octanol–water partition coefficient (Wildman–Crippen LogP) is 4.90. The molecule has 10 heteroatoms. The molecule has 0 aliphatic carbocycles. The molecule has 1 saturated heterocycles. The maximum absolute atomic E-state index is 12.7. The van der Waals surface area contributed by atoms with E-state index in [1.807, 2.05) is 6.92 Å². The van der Waals surface area contributed by atoms with Crippen molar-refractivity contribution in [3.8, 4) is 5.75 Å². The minimum Gasteiger partial charge on any atom is -0.377 e. The average Bonchev–Trinajstić information content (AvgIpc) is 2.85. The molecule has 0 aromatic heterocycles. The van der Waals surface area contributed by atoms with Crippen molar-refractivity contribution in [2.24, 2.45) is 0 Å². The number of halogens is 2. The van der Waals surface area contributed by atoms with Crippen molar-refractivity contribution in [2.75, 3.05) is 7.05 Å². The predicted molar refractivity (Wildman–Crippen MR) is 116 cm³/mol. The summed E-state index contributed by atoms with van der Waals surface area (Å²) in [4.78, 5) is 13.9. The van der Waals surface area contributed by atoms with Crippen LogP contribution in [0.25, 0.3) is 6.08 Å². The van der Waals surface area contributed by atoms with Crippen LogP contribution in [0.2, 0.25) is 10.0 Å². The summed E-state index contributed by atoms with van der Waals surface area (Å²) in [7, 11) is -2.58. The minimum absolute atomic E-state index is 0.00131. The Balaban J connectivity index is 2.06. The van der Waals surface area contributed by atoms with Gasteiger partial charge in [-0.25, -0.2) is 0 Å². The second-order valence-electron chi connectivity index (χ2n) is 5.90. The van der Waals surface area contributed by atoms with Crippen molar-refractivity contribution >= 4 is 73.6 Å². The van der Waals surface area contributed by atoms with E-state index < -0.39 is 10.1 Å². The molecule has 2 aromatic rings. The van der Waals surface area contributed by atoms with E-state index in [0.717, 1.165) is 17.3 Å². The van der Waals surface area contributed by atoms with Gasteiger partial charge in [-0.2, -0.15) is 8.42 Å². The fourth-order valence-corrected chi connectivity index (χ4v) is 5.06. The number of hydrogen-bond donors (Lipinski definition) is 0. The number of likely N-dealkylation sites (N-methyl/N-ethyl adjacent to an activating group) is 1. The summed E-state index contributed by atoms with van der Waals surface area (Å²) in [6, 6.07) is 9.04. The quantitative estimate of drug-likeness (QED) is 0.357. The summed E-state index contributed by atoms with van der Waals surface area (Å²) in [6.45, 7) is 1.84. The number of carbonyl (C=O) groups is 1. The van der Waals surface area contributed by atoms with E-state index in [1.54, 1.807) is 19.2 Å². The standard InChI is InChI=1S/C18H13Cl2NO4S3/c1-10-3-5-13(6-4-10)28(23,24)25-16-11(7-12(19)9-14(16)20)8-15-17(22)21(2)18(26)27-15/h3-9H,1-2H3/b15-8-. The summed E-state index contributed by atoms with van der Waals surface area (Å²) in [5, 5.41) is 0.268. The van der Waals surface area contributed by atoms with Crippen LogP contribution in [0, 0.1) is 6.92 Å². The first-order valence-corrected chi connectivity index (χ1v) is 11.2. The topological polar surface area (TPSA) is 63.7 Å². The number of hydrogen-bond acceptors (Lipinski definition) is 6. The summed E-state index contributed by atoms with van der Waals surface area (Å²) in [5.41, 5.74) is 1.16. The fraction of sp³-hybridized carbons (Fsp3) is 0.111. The Morgan fingerprint density at radius 1 is 1.18 bits per heavy atom. The van der Waals surface area contributed by atoms with Gasteiger partial charge in [-0.05, 0) is 37.3 Å². The summed E-state index contributed by atoms with van der Waals surface area (Å²) in [6.07, 6.45) is 1.46. The van der Waals surface area contributed by atoms with Gasteiger partial charge in [0.25, 0.3) is 5.91 Å². The molecule has 0 N–H and O–H groups in total. The highest BCUT2D eigenvalue weighted by Gasteiger charge is 2.30. The van der Waals surface area contributed by atoms with E-state index in [4.69, 9.17) is 39.6 Å². The summed E-state index contributed by atoms with van der Waals surface area (Å²) >= 11 is 18.5. The lowest BCUT2D eigenvalue weighted by Crippen LogP contribution is -2.22. The number of benzene rings is 2. The van der Waals surface area contributed by atoms with Crippen LogP contribution in [0.1, 0.15) is 11.1 Å². The highest BCUT2D eigenvalue weighted by atomic mass is 35.5. The van der Waals surface area contributed by atoms with Crippen LogP contribution in [0.3, 0.4) is 0 Å². The third-order valence-electron chi connectivity index (χ3n) is 3.81. The molecular formula is C18H13Cl2NO4S3. The van der Waals surface area contributed by atoms with E-state index in [1.165, 1.54) is 35.2 Å². The monoisotopic (exact) mass is 473 g/mol. The minimum atomic E-state index is -4.14. The molecule has 0 atom stereocenters. The lowest BCUT2D eigenvalue weighted by atomic mass is 10.2. The molecule has 1 heterocycles. The SMILES string of the molecule is Cc1ccc(S(=O)(=O)Oc2c(Cl)cc(Cl)cc2/C=C2\SC(=S)N(C)C2=O)cc1. The molecule has 0 spiro atoms. The van der Waals surface area contributed by atoms with E-state index in [0.29, 0.717) is 9.23 Å². The normalized spacial score (nSPS) is 16.1. The van der Waals surface area contributed by atoms with Crippen molar-refractivity contribution in [1.82, 2.24) is 4.90 Å². The van der Waals surface area contributed by atoms with Gasteiger partial charge in [0.2, 0.25) is 0 Å². The first kappa shape index (κ1) is 21.1. The van der Waals surface area contributed by atoms with Crippen LogP contribution in [0.15, 0.2) is 46.2 Å². The van der Waals surface area contributed by atoms with Gasteiger partial charge in [0.1, 0.15) is 9.22 Å². The van der Waals surface area contributed by atoms with Crippen molar-refractivity contribution in [3.05, 3.63) is 62.5 Å². The number of rotatable bonds is 4. The van der Waals surface area contributed by atoms with Crippen molar-refractivity contribution in [3.63, 3.8) is 0 Å². The maximum Gasteiger partial charge on any atom is 0.339 e. The zero-order chi connectivity index (χ0) is 20.6. The Bertz CT molecular complexity index is 1110. The van der Waals surface area contributed by atoms with Gasteiger partial charge in [-0.15, -0.1) is 0 Å². The molecule has 0 saturated carbocycles. The van der Waals surface area contributed by atoms with Gasteiger partial charge in [-0.3, -0.25) is 9.69 Å². The highest BCUT2D eigenvalue weighted by Crippen LogP contribution is 2.39. The highest BCUT2D eigenvalue weighted by molar-refractivity contribution is 8.26.